The van der Waals surface area contributed by atoms with Crippen molar-refractivity contribution in [2.24, 2.45) is 5.73 Å². The number of aromatic nitrogens is 1. The van der Waals surface area contributed by atoms with Gasteiger partial charge in [0.2, 0.25) is 0 Å². The number of thiazole rings is 1. The van der Waals surface area contributed by atoms with Crippen LogP contribution < -0.4 is 10.5 Å². The molecule has 4 nitrogen and oxygen atoms in total. The highest BCUT2D eigenvalue weighted by molar-refractivity contribution is 7.18. The van der Waals surface area contributed by atoms with Crippen LogP contribution in [0.1, 0.15) is 10.6 Å². The van der Waals surface area contributed by atoms with Gasteiger partial charge in [-0.3, -0.25) is 5.41 Å². The summed E-state index contributed by atoms with van der Waals surface area (Å²) >= 11 is 7.64. The lowest BCUT2D eigenvalue weighted by Crippen LogP contribution is -2.13. The fourth-order valence-electron chi connectivity index (χ4n) is 2.01. The molecule has 21 heavy (non-hydrogen) atoms. The van der Waals surface area contributed by atoms with E-state index in [0.717, 1.165) is 15.2 Å². The smallest absolute Gasteiger partial charge is 0.140 e. The Bertz CT molecular complexity index is 783. The first-order valence-corrected chi connectivity index (χ1v) is 7.45. The lowest BCUT2D eigenvalue weighted by molar-refractivity contribution is 0.305. The predicted octanol–water partition coefficient (Wildman–Crippen LogP) is 3.81. The van der Waals surface area contributed by atoms with Crippen LogP contribution in [-0.4, -0.2) is 10.8 Å². The minimum atomic E-state index is -0.111. The van der Waals surface area contributed by atoms with Crippen molar-refractivity contribution in [2.45, 2.75) is 6.61 Å². The summed E-state index contributed by atoms with van der Waals surface area (Å²) in [4.78, 5) is 4.50. The minimum Gasteiger partial charge on any atom is -0.486 e. The van der Waals surface area contributed by atoms with Crippen molar-refractivity contribution in [1.29, 1.82) is 5.41 Å². The molecular formula is C15H12ClN3OS. The van der Waals surface area contributed by atoms with Gasteiger partial charge >= 0.3 is 0 Å². The van der Waals surface area contributed by atoms with Crippen molar-refractivity contribution in [3.63, 3.8) is 0 Å². The number of rotatable bonds is 4. The maximum Gasteiger partial charge on any atom is 0.140 e. The lowest BCUT2D eigenvalue weighted by Gasteiger charge is -2.10. The highest BCUT2D eigenvalue weighted by atomic mass is 35.5. The number of amidine groups is 1. The highest BCUT2D eigenvalue weighted by Crippen LogP contribution is 2.28. The normalized spacial score (nSPS) is 10.7. The number of hydrogen-bond donors (Lipinski definition) is 2. The third-order valence-corrected chi connectivity index (χ3v) is 4.26. The Morgan fingerprint density at radius 2 is 2.05 bits per heavy atom. The summed E-state index contributed by atoms with van der Waals surface area (Å²) in [5.41, 5.74) is 6.93. The molecule has 3 aromatic rings. The van der Waals surface area contributed by atoms with E-state index >= 15 is 0 Å². The fraction of sp³-hybridized carbons (Fsp3) is 0.0667. The van der Waals surface area contributed by atoms with Crippen molar-refractivity contribution in [2.75, 3.05) is 0 Å². The largest absolute Gasteiger partial charge is 0.486 e. The van der Waals surface area contributed by atoms with Gasteiger partial charge in [-0.2, -0.15) is 0 Å². The molecule has 0 amide bonds. The van der Waals surface area contributed by atoms with Gasteiger partial charge in [0, 0.05) is 0 Å². The molecule has 3 N–H and O–H groups in total. The van der Waals surface area contributed by atoms with Gasteiger partial charge in [0.05, 0.1) is 20.8 Å². The molecule has 2 aromatic carbocycles. The van der Waals surface area contributed by atoms with E-state index in [0.29, 0.717) is 22.9 Å². The first-order chi connectivity index (χ1) is 10.1. The average molecular weight is 318 g/mol. The van der Waals surface area contributed by atoms with E-state index in [1.54, 1.807) is 29.5 Å². The molecule has 0 saturated heterocycles. The molecule has 0 unspecified atom stereocenters. The number of hydrogen-bond acceptors (Lipinski definition) is 4. The molecular weight excluding hydrogens is 306 g/mol. The third kappa shape index (κ3) is 2.84. The molecule has 106 valence electrons. The standard InChI is InChI=1S/C15H12ClN3OS/c16-9-4-3-6-11(14(9)15(17)18)20-8-13-19-10-5-1-2-7-12(10)21-13/h1-7H,8H2,(H3,17,18). The van der Waals surface area contributed by atoms with Crippen LogP contribution in [-0.2, 0) is 6.61 Å². The van der Waals surface area contributed by atoms with Gasteiger partial charge in [0.25, 0.3) is 0 Å². The maximum atomic E-state index is 7.59. The van der Waals surface area contributed by atoms with Gasteiger partial charge in [-0.1, -0.05) is 29.8 Å². The average Bonchev–Trinajstić information content (AvgIpc) is 2.87. The number of nitrogens with one attached hydrogen (secondary N) is 1. The number of benzene rings is 2. The molecule has 0 atom stereocenters. The Kier molecular flexibility index (Phi) is 3.77. The Hall–Kier alpha value is -2.11. The van der Waals surface area contributed by atoms with Crippen LogP contribution in [0.15, 0.2) is 42.5 Å². The number of halogens is 1. The second-order valence-corrected chi connectivity index (χ2v) is 5.91. The van der Waals surface area contributed by atoms with E-state index in [9.17, 15) is 0 Å². The summed E-state index contributed by atoms with van der Waals surface area (Å²) in [7, 11) is 0. The minimum absolute atomic E-state index is 0.111. The van der Waals surface area contributed by atoms with E-state index in [2.05, 4.69) is 4.98 Å². The van der Waals surface area contributed by atoms with Crippen LogP contribution in [0.5, 0.6) is 5.75 Å². The first kappa shape index (κ1) is 13.9. The summed E-state index contributed by atoms with van der Waals surface area (Å²) in [5, 5.41) is 8.86. The SMILES string of the molecule is N=C(N)c1c(Cl)cccc1OCc1nc2ccccc2s1. The molecule has 1 heterocycles. The van der Waals surface area contributed by atoms with Crippen molar-refractivity contribution in [3.8, 4) is 5.75 Å². The van der Waals surface area contributed by atoms with Crippen molar-refractivity contribution >= 4 is 39.0 Å². The predicted molar refractivity (Wildman–Crippen MR) is 86.4 cm³/mol. The number of nitrogens with zero attached hydrogens (tertiary/aromatic N) is 1. The van der Waals surface area contributed by atoms with Gasteiger partial charge < -0.3 is 10.5 Å². The first-order valence-electron chi connectivity index (χ1n) is 6.25. The van der Waals surface area contributed by atoms with E-state index in [4.69, 9.17) is 27.5 Å². The van der Waals surface area contributed by atoms with E-state index in [1.165, 1.54) is 0 Å². The summed E-state index contributed by atoms with van der Waals surface area (Å²) in [6.07, 6.45) is 0. The van der Waals surface area contributed by atoms with E-state index in [1.807, 2.05) is 24.3 Å². The molecule has 0 aliphatic carbocycles. The number of nitrogen functional groups attached to an aromatic ring is 1. The van der Waals surface area contributed by atoms with E-state index < -0.39 is 0 Å². The zero-order chi connectivity index (χ0) is 14.8. The summed E-state index contributed by atoms with van der Waals surface area (Å²) < 4.78 is 6.86. The Balaban J connectivity index is 1.85. The zero-order valence-corrected chi connectivity index (χ0v) is 12.5. The van der Waals surface area contributed by atoms with Crippen LogP contribution in [0, 0.1) is 5.41 Å². The number of fused-ring (bicyclic) bond motifs is 1. The molecule has 6 heteroatoms. The fourth-order valence-corrected chi connectivity index (χ4v) is 3.16. The molecule has 0 aliphatic heterocycles. The highest BCUT2D eigenvalue weighted by Gasteiger charge is 2.12. The van der Waals surface area contributed by atoms with Gasteiger partial charge in [0.15, 0.2) is 0 Å². The Morgan fingerprint density at radius 3 is 2.81 bits per heavy atom. The maximum absolute atomic E-state index is 7.59. The topological polar surface area (TPSA) is 72.0 Å². The summed E-state index contributed by atoms with van der Waals surface area (Å²) in [6, 6.07) is 13.1. The monoisotopic (exact) mass is 317 g/mol. The van der Waals surface area contributed by atoms with Crippen molar-refractivity contribution < 1.29 is 4.74 Å². The quantitative estimate of drug-likeness (QED) is 0.567. The zero-order valence-electron chi connectivity index (χ0n) is 11.0. The Morgan fingerprint density at radius 1 is 1.24 bits per heavy atom. The molecule has 0 aliphatic rings. The van der Waals surface area contributed by atoms with E-state index in [-0.39, 0.29) is 5.84 Å². The van der Waals surface area contributed by atoms with Gasteiger partial charge in [-0.05, 0) is 24.3 Å². The molecule has 3 rings (SSSR count). The van der Waals surface area contributed by atoms with Crippen LogP contribution in [0.3, 0.4) is 0 Å². The second kappa shape index (κ2) is 5.71. The van der Waals surface area contributed by atoms with Crippen molar-refractivity contribution in [1.82, 2.24) is 4.98 Å². The number of nitrogens with two attached hydrogens (primary N) is 1. The third-order valence-electron chi connectivity index (χ3n) is 2.93. The summed E-state index contributed by atoms with van der Waals surface area (Å²) in [5.74, 6) is 0.383. The van der Waals surface area contributed by atoms with Gasteiger partial charge in [-0.15, -0.1) is 11.3 Å². The molecule has 0 fully saturated rings. The Labute approximate surface area is 130 Å². The lowest BCUT2D eigenvalue weighted by atomic mass is 10.2. The van der Waals surface area contributed by atoms with Crippen LogP contribution in [0.25, 0.3) is 10.2 Å². The van der Waals surface area contributed by atoms with Crippen LogP contribution >= 0.6 is 22.9 Å². The molecule has 0 radical (unpaired) electrons. The van der Waals surface area contributed by atoms with Crippen LogP contribution in [0.4, 0.5) is 0 Å². The second-order valence-electron chi connectivity index (χ2n) is 4.39. The van der Waals surface area contributed by atoms with Gasteiger partial charge in [-0.25, -0.2) is 4.98 Å². The summed E-state index contributed by atoms with van der Waals surface area (Å²) in [6.45, 7) is 0.319. The molecule has 0 spiro atoms. The van der Waals surface area contributed by atoms with Crippen LogP contribution in [0.2, 0.25) is 5.02 Å². The number of para-hydroxylation sites is 1. The van der Waals surface area contributed by atoms with Gasteiger partial charge in [0.1, 0.15) is 23.2 Å². The van der Waals surface area contributed by atoms with Crippen molar-refractivity contribution in [3.05, 3.63) is 58.1 Å². The molecule has 1 aromatic heterocycles. The number of ether oxygens (including phenoxy) is 1. The molecule has 0 bridgehead atoms. The molecule has 0 saturated carbocycles.